The Morgan fingerprint density at radius 1 is 1.27 bits per heavy atom. The van der Waals surface area contributed by atoms with Crippen molar-refractivity contribution in [3.8, 4) is 0 Å². The molecule has 1 spiro atoms. The molecule has 0 aromatic heterocycles. The monoisotopic (exact) mass is 157 g/mol. The van der Waals surface area contributed by atoms with Crippen molar-refractivity contribution in [2.24, 2.45) is 5.73 Å². The smallest absolute Gasteiger partial charge is 0.0877 e. The van der Waals surface area contributed by atoms with Crippen LogP contribution in [0.5, 0.6) is 0 Å². The molecule has 0 bridgehead atoms. The van der Waals surface area contributed by atoms with E-state index in [9.17, 15) is 0 Å². The van der Waals surface area contributed by atoms with E-state index in [1.54, 1.807) is 0 Å². The van der Waals surface area contributed by atoms with Gasteiger partial charge >= 0.3 is 0 Å². The van der Waals surface area contributed by atoms with E-state index in [2.05, 4.69) is 0 Å². The predicted molar refractivity (Wildman–Crippen MR) is 41.3 cm³/mol. The quantitative estimate of drug-likeness (QED) is 0.549. The molecule has 2 aliphatic heterocycles. The maximum Gasteiger partial charge on any atom is 0.0877 e. The van der Waals surface area contributed by atoms with Gasteiger partial charge in [-0.15, -0.1) is 0 Å². The summed E-state index contributed by atoms with van der Waals surface area (Å²) in [5, 5.41) is 0. The van der Waals surface area contributed by atoms with Crippen LogP contribution < -0.4 is 5.73 Å². The number of hydrogen-bond donors (Lipinski definition) is 1. The zero-order valence-electron chi connectivity index (χ0n) is 6.71. The molecule has 11 heavy (non-hydrogen) atoms. The van der Waals surface area contributed by atoms with Gasteiger partial charge in [0.1, 0.15) is 0 Å². The van der Waals surface area contributed by atoms with E-state index in [0.717, 1.165) is 32.5 Å². The van der Waals surface area contributed by atoms with Gasteiger partial charge in [-0.25, -0.2) is 0 Å². The maximum atomic E-state index is 5.93. The summed E-state index contributed by atoms with van der Waals surface area (Å²) in [6, 6.07) is 0.0961. The first-order valence-corrected chi connectivity index (χ1v) is 4.31. The third-order valence-electron chi connectivity index (χ3n) is 2.78. The van der Waals surface area contributed by atoms with Gasteiger partial charge in [-0.2, -0.15) is 0 Å². The minimum Gasteiger partial charge on any atom is -0.380 e. The van der Waals surface area contributed by atoms with E-state index in [4.69, 9.17) is 15.2 Å². The van der Waals surface area contributed by atoms with Crippen molar-refractivity contribution in [3.05, 3.63) is 0 Å². The molecular weight excluding hydrogens is 142 g/mol. The van der Waals surface area contributed by atoms with E-state index in [1.807, 2.05) is 0 Å². The molecule has 0 saturated carbocycles. The van der Waals surface area contributed by atoms with Crippen LogP contribution in [0.1, 0.15) is 19.3 Å². The van der Waals surface area contributed by atoms with Crippen molar-refractivity contribution < 1.29 is 9.47 Å². The van der Waals surface area contributed by atoms with Crippen molar-refractivity contribution in [1.82, 2.24) is 0 Å². The second kappa shape index (κ2) is 2.73. The fourth-order valence-corrected chi connectivity index (χ4v) is 2.00. The average Bonchev–Trinajstić information content (AvgIpc) is 2.46. The second-order valence-electron chi connectivity index (χ2n) is 3.45. The lowest BCUT2D eigenvalue weighted by Crippen LogP contribution is -2.54. The third kappa shape index (κ3) is 1.17. The van der Waals surface area contributed by atoms with Crippen molar-refractivity contribution in [1.29, 1.82) is 0 Å². The van der Waals surface area contributed by atoms with Gasteiger partial charge in [0.25, 0.3) is 0 Å². The second-order valence-corrected chi connectivity index (χ2v) is 3.45. The topological polar surface area (TPSA) is 44.5 Å². The molecule has 2 fully saturated rings. The normalized spacial score (nSPS) is 45.0. The minimum atomic E-state index is -0.0156. The van der Waals surface area contributed by atoms with Gasteiger partial charge in [-0.3, -0.25) is 0 Å². The lowest BCUT2D eigenvalue weighted by atomic mass is 9.87. The summed E-state index contributed by atoms with van der Waals surface area (Å²) in [5.74, 6) is 0. The first-order chi connectivity index (χ1) is 5.33. The van der Waals surface area contributed by atoms with Gasteiger partial charge in [0.15, 0.2) is 0 Å². The number of rotatable bonds is 0. The van der Waals surface area contributed by atoms with Crippen LogP contribution in [0.15, 0.2) is 0 Å². The Morgan fingerprint density at radius 3 is 2.82 bits per heavy atom. The predicted octanol–water partition coefficient (Wildman–Crippen LogP) is 0.283. The van der Waals surface area contributed by atoms with Gasteiger partial charge < -0.3 is 15.2 Å². The Balaban J connectivity index is 2.07. The molecular formula is C8H15NO2. The van der Waals surface area contributed by atoms with Crippen LogP contribution in [-0.2, 0) is 9.47 Å². The maximum absolute atomic E-state index is 5.93. The van der Waals surface area contributed by atoms with E-state index >= 15 is 0 Å². The van der Waals surface area contributed by atoms with E-state index in [1.165, 1.54) is 0 Å². The van der Waals surface area contributed by atoms with E-state index in [-0.39, 0.29) is 11.6 Å². The Bertz CT molecular complexity index is 143. The first kappa shape index (κ1) is 7.53. The highest BCUT2D eigenvalue weighted by Crippen LogP contribution is 2.33. The largest absolute Gasteiger partial charge is 0.380 e. The van der Waals surface area contributed by atoms with Crippen LogP contribution in [0.25, 0.3) is 0 Å². The fraction of sp³-hybridized carbons (Fsp3) is 1.00. The molecule has 2 atom stereocenters. The molecule has 2 rings (SSSR count). The standard InChI is InChI=1S/C8H15NO2/c9-7-6-10-5-3-8(7)2-1-4-11-8/h7H,1-6,9H2/t7-,8-/m1/s1. The summed E-state index contributed by atoms with van der Waals surface area (Å²) in [7, 11) is 0. The van der Waals surface area contributed by atoms with Gasteiger partial charge in [-0.05, 0) is 12.8 Å². The summed E-state index contributed by atoms with van der Waals surface area (Å²) in [6.45, 7) is 2.36. The molecule has 3 heteroatoms. The highest BCUT2D eigenvalue weighted by molar-refractivity contribution is 4.96. The molecule has 3 nitrogen and oxygen atoms in total. The van der Waals surface area contributed by atoms with Crippen molar-refractivity contribution in [2.45, 2.75) is 30.9 Å². The van der Waals surface area contributed by atoms with Crippen LogP contribution in [0.3, 0.4) is 0 Å². The Labute approximate surface area is 66.8 Å². The highest BCUT2D eigenvalue weighted by atomic mass is 16.5. The molecule has 0 unspecified atom stereocenters. The van der Waals surface area contributed by atoms with E-state index in [0.29, 0.717) is 6.61 Å². The molecule has 0 amide bonds. The van der Waals surface area contributed by atoms with Gasteiger partial charge in [0, 0.05) is 19.6 Å². The molecule has 0 radical (unpaired) electrons. The lowest BCUT2D eigenvalue weighted by molar-refractivity contribution is -0.0927. The number of nitrogens with two attached hydrogens (primary N) is 1. The van der Waals surface area contributed by atoms with Crippen molar-refractivity contribution in [3.63, 3.8) is 0 Å². The van der Waals surface area contributed by atoms with Crippen LogP contribution in [0.2, 0.25) is 0 Å². The van der Waals surface area contributed by atoms with Gasteiger partial charge in [0.2, 0.25) is 0 Å². The molecule has 0 aliphatic carbocycles. The number of hydrogen-bond acceptors (Lipinski definition) is 3. The van der Waals surface area contributed by atoms with Crippen LogP contribution in [0, 0.1) is 0 Å². The Morgan fingerprint density at radius 2 is 2.18 bits per heavy atom. The SMILES string of the molecule is N[C@@H]1COCC[C@]12CCCO2. The molecule has 2 saturated heterocycles. The zero-order chi connectivity index (χ0) is 7.73. The summed E-state index contributed by atoms with van der Waals surface area (Å²) in [6.07, 6.45) is 3.26. The van der Waals surface area contributed by atoms with Gasteiger partial charge in [0.05, 0.1) is 18.2 Å². The average molecular weight is 157 g/mol. The Kier molecular flexibility index (Phi) is 1.87. The molecule has 0 aromatic carbocycles. The van der Waals surface area contributed by atoms with Gasteiger partial charge in [-0.1, -0.05) is 0 Å². The van der Waals surface area contributed by atoms with Crippen LogP contribution in [-0.4, -0.2) is 31.5 Å². The summed E-state index contributed by atoms with van der Waals surface area (Å²) >= 11 is 0. The fourth-order valence-electron chi connectivity index (χ4n) is 2.00. The molecule has 2 N–H and O–H groups in total. The van der Waals surface area contributed by atoms with Crippen molar-refractivity contribution in [2.75, 3.05) is 19.8 Å². The first-order valence-electron chi connectivity index (χ1n) is 4.31. The summed E-state index contributed by atoms with van der Waals surface area (Å²) in [4.78, 5) is 0. The number of ether oxygens (including phenoxy) is 2. The minimum absolute atomic E-state index is 0.0156. The molecule has 2 heterocycles. The summed E-state index contributed by atoms with van der Waals surface area (Å²) < 4.78 is 11.0. The van der Waals surface area contributed by atoms with Crippen LogP contribution >= 0.6 is 0 Å². The lowest BCUT2D eigenvalue weighted by Gasteiger charge is -2.37. The summed E-state index contributed by atoms with van der Waals surface area (Å²) in [5.41, 5.74) is 5.91. The molecule has 0 aromatic rings. The van der Waals surface area contributed by atoms with Crippen molar-refractivity contribution >= 4 is 0 Å². The third-order valence-corrected chi connectivity index (χ3v) is 2.78. The molecule has 64 valence electrons. The van der Waals surface area contributed by atoms with E-state index < -0.39 is 0 Å². The van der Waals surface area contributed by atoms with Crippen LogP contribution in [0.4, 0.5) is 0 Å². The molecule has 2 aliphatic rings. The zero-order valence-corrected chi connectivity index (χ0v) is 6.71. The highest BCUT2D eigenvalue weighted by Gasteiger charge is 2.42. The Hall–Kier alpha value is -0.120.